The minimum Gasteiger partial charge on any atom is -0.478 e. The average Bonchev–Trinajstić information content (AvgIpc) is 2.83. The lowest BCUT2D eigenvalue weighted by Crippen LogP contribution is -1.97. The van der Waals surface area contributed by atoms with Crippen LogP contribution in [0.25, 0.3) is 0 Å². The quantitative estimate of drug-likeness (QED) is 0.845. The number of furan rings is 1. The van der Waals surface area contributed by atoms with Crippen molar-refractivity contribution >= 4 is 22.6 Å². The summed E-state index contributed by atoms with van der Waals surface area (Å²) < 4.78 is 9.12. The lowest BCUT2D eigenvalue weighted by Gasteiger charge is -1.96. The van der Waals surface area contributed by atoms with Crippen LogP contribution < -0.4 is 5.32 Å². The van der Waals surface area contributed by atoms with Crippen LogP contribution in [0.2, 0.25) is 0 Å². The number of anilines is 1. The molecule has 16 heavy (non-hydrogen) atoms. The van der Waals surface area contributed by atoms with Crippen molar-refractivity contribution in [1.29, 1.82) is 0 Å². The average molecular weight is 239 g/mol. The van der Waals surface area contributed by atoms with E-state index in [4.69, 9.17) is 9.52 Å². The van der Waals surface area contributed by atoms with Gasteiger partial charge in [-0.2, -0.15) is 4.37 Å². The van der Waals surface area contributed by atoms with Gasteiger partial charge in [0, 0.05) is 11.5 Å². The molecule has 2 heterocycles. The Kier molecular flexibility index (Phi) is 2.86. The van der Waals surface area contributed by atoms with Gasteiger partial charge in [-0.05, 0) is 13.0 Å². The Balaban J connectivity index is 2.05. The molecule has 0 amide bonds. The number of hydrogen-bond acceptors (Lipinski definition) is 6. The molecule has 7 heteroatoms. The molecule has 2 aromatic rings. The van der Waals surface area contributed by atoms with Crippen LogP contribution in [-0.4, -0.2) is 20.4 Å². The number of nitrogens with one attached hydrogen (secondary N) is 1. The molecule has 6 nitrogen and oxygen atoms in total. The minimum absolute atomic E-state index is 0.189. The van der Waals surface area contributed by atoms with E-state index in [0.29, 0.717) is 23.2 Å². The summed E-state index contributed by atoms with van der Waals surface area (Å²) in [7, 11) is 0. The molecule has 0 bridgehead atoms. The van der Waals surface area contributed by atoms with E-state index in [1.54, 1.807) is 6.92 Å². The molecule has 0 unspecified atom stereocenters. The molecule has 0 aliphatic rings. The second-order valence-electron chi connectivity index (χ2n) is 3.09. The zero-order valence-electron chi connectivity index (χ0n) is 8.43. The van der Waals surface area contributed by atoms with Crippen LogP contribution in [0, 0.1) is 6.92 Å². The van der Waals surface area contributed by atoms with Crippen molar-refractivity contribution < 1.29 is 14.3 Å². The summed E-state index contributed by atoms with van der Waals surface area (Å²) in [6.07, 6.45) is 1.45. The van der Waals surface area contributed by atoms with Crippen LogP contribution >= 0.6 is 11.5 Å². The fourth-order valence-electron chi connectivity index (χ4n) is 1.26. The van der Waals surface area contributed by atoms with Crippen molar-refractivity contribution in [3.05, 3.63) is 29.5 Å². The van der Waals surface area contributed by atoms with E-state index in [9.17, 15) is 4.79 Å². The number of carboxylic acid groups (broad SMARTS) is 1. The first-order chi connectivity index (χ1) is 7.66. The number of aromatic nitrogens is 2. The molecule has 2 rings (SSSR count). The molecule has 0 aliphatic heterocycles. The van der Waals surface area contributed by atoms with E-state index < -0.39 is 5.97 Å². The van der Waals surface area contributed by atoms with E-state index in [-0.39, 0.29) is 5.56 Å². The summed E-state index contributed by atoms with van der Waals surface area (Å²) >= 11 is 1.23. The van der Waals surface area contributed by atoms with E-state index in [1.165, 1.54) is 23.9 Å². The standard InChI is InChI=1S/C9H9N3O3S/c1-5-7(8(13)14)2-6(15-5)3-10-9-11-4-12-16-9/h2,4H,3H2,1H3,(H,13,14)(H,10,11,12). The molecule has 0 aliphatic carbocycles. The number of carbonyl (C=O) groups is 1. The summed E-state index contributed by atoms with van der Waals surface area (Å²) in [5.41, 5.74) is 0.189. The molecule has 0 saturated heterocycles. The van der Waals surface area contributed by atoms with E-state index in [1.807, 2.05) is 0 Å². The summed E-state index contributed by atoms with van der Waals surface area (Å²) in [6.45, 7) is 2.02. The Morgan fingerprint density at radius 3 is 3.06 bits per heavy atom. The normalized spacial score (nSPS) is 10.3. The van der Waals surface area contributed by atoms with Gasteiger partial charge in [-0.1, -0.05) is 0 Å². The smallest absolute Gasteiger partial charge is 0.339 e. The topological polar surface area (TPSA) is 88.3 Å². The third-order valence-corrected chi connectivity index (χ3v) is 2.60. The van der Waals surface area contributed by atoms with Crippen molar-refractivity contribution in [3.63, 3.8) is 0 Å². The number of carboxylic acids is 1. The molecule has 0 fully saturated rings. The first-order valence-corrected chi connectivity index (χ1v) is 5.27. The van der Waals surface area contributed by atoms with Crippen molar-refractivity contribution in [1.82, 2.24) is 9.36 Å². The Bertz CT molecular complexity index is 492. The van der Waals surface area contributed by atoms with Gasteiger partial charge in [0.1, 0.15) is 23.4 Å². The third kappa shape index (κ3) is 2.19. The number of aryl methyl sites for hydroxylation is 1. The van der Waals surface area contributed by atoms with Gasteiger partial charge in [-0.15, -0.1) is 0 Å². The first-order valence-electron chi connectivity index (χ1n) is 4.50. The van der Waals surface area contributed by atoms with Crippen molar-refractivity contribution in [2.24, 2.45) is 0 Å². The number of rotatable bonds is 4. The van der Waals surface area contributed by atoms with Crippen LogP contribution in [0.5, 0.6) is 0 Å². The highest BCUT2D eigenvalue weighted by atomic mass is 32.1. The van der Waals surface area contributed by atoms with Gasteiger partial charge in [0.05, 0.1) is 6.54 Å². The van der Waals surface area contributed by atoms with Gasteiger partial charge >= 0.3 is 5.97 Å². The number of aromatic carboxylic acids is 1. The van der Waals surface area contributed by atoms with Crippen molar-refractivity contribution in [2.75, 3.05) is 5.32 Å². The lowest BCUT2D eigenvalue weighted by molar-refractivity contribution is 0.0695. The molecule has 2 N–H and O–H groups in total. The molecule has 2 aromatic heterocycles. The number of hydrogen-bond donors (Lipinski definition) is 2. The van der Waals surface area contributed by atoms with E-state index >= 15 is 0 Å². The monoisotopic (exact) mass is 239 g/mol. The second kappa shape index (κ2) is 4.31. The third-order valence-electron chi connectivity index (χ3n) is 1.97. The molecule has 0 atom stereocenters. The highest BCUT2D eigenvalue weighted by Crippen LogP contribution is 2.16. The Labute approximate surface area is 95.1 Å². The van der Waals surface area contributed by atoms with Crippen LogP contribution in [0.15, 0.2) is 16.8 Å². The van der Waals surface area contributed by atoms with Crippen LogP contribution in [-0.2, 0) is 6.54 Å². The lowest BCUT2D eigenvalue weighted by atomic mass is 10.2. The summed E-state index contributed by atoms with van der Waals surface area (Å²) in [5.74, 6) is -0.0184. The van der Waals surface area contributed by atoms with Gasteiger partial charge in [-0.25, -0.2) is 9.78 Å². The Hall–Kier alpha value is -1.89. The Morgan fingerprint density at radius 2 is 2.50 bits per heavy atom. The van der Waals surface area contributed by atoms with Gasteiger partial charge in [-0.3, -0.25) is 0 Å². The van der Waals surface area contributed by atoms with Gasteiger partial charge in [0.2, 0.25) is 5.13 Å². The minimum atomic E-state index is -0.983. The van der Waals surface area contributed by atoms with Crippen LogP contribution in [0.1, 0.15) is 21.9 Å². The zero-order chi connectivity index (χ0) is 11.5. The molecule has 0 spiro atoms. The van der Waals surface area contributed by atoms with Crippen molar-refractivity contribution in [2.45, 2.75) is 13.5 Å². The van der Waals surface area contributed by atoms with Gasteiger partial charge in [0.25, 0.3) is 0 Å². The summed E-state index contributed by atoms with van der Waals surface area (Å²) in [6, 6.07) is 1.51. The Morgan fingerprint density at radius 1 is 1.69 bits per heavy atom. The molecule has 84 valence electrons. The molecule has 0 saturated carbocycles. The molecular weight excluding hydrogens is 230 g/mol. The highest BCUT2D eigenvalue weighted by molar-refractivity contribution is 7.09. The predicted octanol–water partition coefficient (Wildman–Crippen LogP) is 1.75. The van der Waals surface area contributed by atoms with E-state index in [0.717, 1.165) is 0 Å². The first kappa shape index (κ1) is 10.6. The largest absolute Gasteiger partial charge is 0.478 e. The highest BCUT2D eigenvalue weighted by Gasteiger charge is 2.13. The SMILES string of the molecule is Cc1oc(CNc2ncns2)cc1C(=O)O. The molecule has 0 radical (unpaired) electrons. The fraction of sp³-hybridized carbons (Fsp3) is 0.222. The van der Waals surface area contributed by atoms with Gasteiger partial charge < -0.3 is 14.8 Å². The van der Waals surface area contributed by atoms with Gasteiger partial charge in [0.15, 0.2) is 0 Å². The van der Waals surface area contributed by atoms with Crippen LogP contribution in [0.3, 0.4) is 0 Å². The maximum atomic E-state index is 10.8. The van der Waals surface area contributed by atoms with Crippen molar-refractivity contribution in [3.8, 4) is 0 Å². The molecule has 0 aromatic carbocycles. The predicted molar refractivity (Wildman–Crippen MR) is 57.6 cm³/mol. The zero-order valence-corrected chi connectivity index (χ0v) is 9.24. The maximum Gasteiger partial charge on any atom is 0.339 e. The van der Waals surface area contributed by atoms with E-state index in [2.05, 4.69) is 14.7 Å². The molecular formula is C9H9N3O3S. The summed E-state index contributed by atoms with van der Waals surface area (Å²) in [4.78, 5) is 14.7. The maximum absolute atomic E-state index is 10.8. The second-order valence-corrected chi connectivity index (χ2v) is 3.87. The van der Waals surface area contributed by atoms with Crippen LogP contribution in [0.4, 0.5) is 5.13 Å². The number of nitrogens with zero attached hydrogens (tertiary/aromatic N) is 2. The fourth-order valence-corrected chi connectivity index (χ4v) is 1.68. The summed E-state index contributed by atoms with van der Waals surface area (Å²) in [5, 5.41) is 12.5.